The second-order valence-electron chi connectivity index (χ2n) is 4.89. The van der Waals surface area contributed by atoms with Gasteiger partial charge in [0.05, 0.1) is 13.3 Å². The van der Waals surface area contributed by atoms with Crippen molar-refractivity contribution in [3.05, 3.63) is 47.4 Å². The highest BCUT2D eigenvalue weighted by Crippen LogP contribution is 2.30. The number of thioether (sulfide) groups is 1. The van der Waals surface area contributed by atoms with Crippen LogP contribution in [-0.4, -0.2) is 31.8 Å². The molecule has 1 aromatic carbocycles. The third-order valence-corrected chi connectivity index (χ3v) is 4.68. The van der Waals surface area contributed by atoms with E-state index in [1.807, 2.05) is 29.7 Å². The second-order valence-corrected chi connectivity index (χ2v) is 6.26. The summed E-state index contributed by atoms with van der Waals surface area (Å²) in [5, 5.41) is 10.1. The zero-order valence-electron chi connectivity index (χ0n) is 13.3. The van der Waals surface area contributed by atoms with Crippen LogP contribution in [0.4, 0.5) is 0 Å². The van der Waals surface area contributed by atoms with Crippen LogP contribution >= 0.6 is 23.4 Å². The third-order valence-electron chi connectivity index (χ3n) is 3.42. The van der Waals surface area contributed by atoms with E-state index in [1.54, 1.807) is 37.5 Å². The average Bonchev–Trinajstić information content (AvgIpc) is 3.03. The quantitative estimate of drug-likeness (QED) is 0.623. The van der Waals surface area contributed by atoms with E-state index in [-0.39, 0.29) is 0 Å². The molecule has 8 heteroatoms. The fraction of sp³-hybridized carbons (Fsp3) is 0.250. The van der Waals surface area contributed by atoms with Crippen LogP contribution in [0.3, 0.4) is 0 Å². The molecule has 0 bridgehead atoms. The summed E-state index contributed by atoms with van der Waals surface area (Å²) >= 11 is 7.67. The van der Waals surface area contributed by atoms with Crippen LogP contribution in [-0.2, 0) is 12.3 Å². The van der Waals surface area contributed by atoms with Crippen LogP contribution < -0.4 is 4.74 Å². The Morgan fingerprint density at radius 1 is 1.25 bits per heavy atom. The molecular formula is C16H16ClN5OS. The Hall–Kier alpha value is -2.12. The molecule has 3 rings (SSSR count). The summed E-state index contributed by atoms with van der Waals surface area (Å²) in [5.41, 5.74) is 1.72. The van der Waals surface area contributed by atoms with Crippen molar-refractivity contribution in [2.24, 2.45) is 0 Å². The van der Waals surface area contributed by atoms with Crippen LogP contribution in [0.1, 0.15) is 12.5 Å². The van der Waals surface area contributed by atoms with Crippen molar-refractivity contribution in [2.75, 3.05) is 7.11 Å². The Bertz CT molecular complexity index is 825. The van der Waals surface area contributed by atoms with E-state index in [1.165, 1.54) is 0 Å². The van der Waals surface area contributed by atoms with E-state index in [4.69, 9.17) is 16.3 Å². The second kappa shape index (κ2) is 7.63. The van der Waals surface area contributed by atoms with E-state index in [0.717, 1.165) is 23.0 Å². The van der Waals surface area contributed by atoms with Gasteiger partial charge in [-0.1, -0.05) is 23.4 Å². The number of methoxy groups -OCH3 is 1. The Kier molecular flexibility index (Phi) is 5.32. The lowest BCUT2D eigenvalue weighted by Gasteiger charge is -2.09. The Morgan fingerprint density at radius 2 is 2.12 bits per heavy atom. The Labute approximate surface area is 149 Å². The van der Waals surface area contributed by atoms with E-state index in [2.05, 4.69) is 20.2 Å². The van der Waals surface area contributed by atoms with Crippen LogP contribution in [0.2, 0.25) is 5.02 Å². The number of benzene rings is 1. The van der Waals surface area contributed by atoms with Gasteiger partial charge < -0.3 is 9.30 Å². The molecule has 0 fully saturated rings. The standard InChI is InChI=1S/C16H16ClN5OS/c1-3-22-15(13-9-18-6-7-19-13)20-21-16(22)24-10-11-8-12(17)4-5-14(11)23-2/h4-9H,3,10H2,1-2H3. The van der Waals surface area contributed by atoms with Gasteiger partial charge in [-0.05, 0) is 25.1 Å². The minimum absolute atomic E-state index is 0.683. The molecule has 0 N–H and O–H groups in total. The minimum Gasteiger partial charge on any atom is -0.496 e. The van der Waals surface area contributed by atoms with Gasteiger partial charge >= 0.3 is 0 Å². The fourth-order valence-corrected chi connectivity index (χ4v) is 3.46. The molecule has 6 nitrogen and oxygen atoms in total. The molecule has 24 heavy (non-hydrogen) atoms. The summed E-state index contributed by atoms with van der Waals surface area (Å²) < 4.78 is 7.41. The number of rotatable bonds is 6. The normalized spacial score (nSPS) is 10.8. The first-order chi connectivity index (χ1) is 11.7. The van der Waals surface area contributed by atoms with Gasteiger partial charge in [-0.15, -0.1) is 10.2 Å². The average molecular weight is 362 g/mol. The third kappa shape index (κ3) is 3.52. The van der Waals surface area contributed by atoms with Gasteiger partial charge in [0.2, 0.25) is 0 Å². The van der Waals surface area contributed by atoms with Crippen molar-refractivity contribution in [3.8, 4) is 17.3 Å². The lowest BCUT2D eigenvalue weighted by atomic mass is 10.2. The molecular weight excluding hydrogens is 346 g/mol. The van der Waals surface area contributed by atoms with Gasteiger partial charge in [0.25, 0.3) is 0 Å². The molecule has 0 saturated carbocycles. The SMILES string of the molecule is CCn1c(SCc2cc(Cl)ccc2OC)nnc1-c1cnccn1. The molecule has 0 aliphatic carbocycles. The van der Waals surface area contributed by atoms with E-state index >= 15 is 0 Å². The van der Waals surface area contributed by atoms with Crippen molar-refractivity contribution in [1.82, 2.24) is 24.7 Å². The zero-order valence-corrected chi connectivity index (χ0v) is 14.9. The smallest absolute Gasteiger partial charge is 0.191 e. The summed E-state index contributed by atoms with van der Waals surface area (Å²) in [6.07, 6.45) is 4.97. The van der Waals surface area contributed by atoms with Gasteiger partial charge in [-0.25, -0.2) is 4.98 Å². The molecule has 2 heterocycles. The van der Waals surface area contributed by atoms with E-state index in [0.29, 0.717) is 22.3 Å². The highest BCUT2D eigenvalue weighted by molar-refractivity contribution is 7.98. The maximum atomic E-state index is 6.09. The first-order valence-electron chi connectivity index (χ1n) is 7.37. The summed E-state index contributed by atoms with van der Waals surface area (Å²) in [6.45, 7) is 2.79. The molecule has 124 valence electrons. The largest absolute Gasteiger partial charge is 0.496 e. The van der Waals surface area contributed by atoms with Crippen LogP contribution in [0, 0.1) is 0 Å². The molecule has 0 amide bonds. The highest BCUT2D eigenvalue weighted by atomic mass is 35.5. The van der Waals surface area contributed by atoms with Gasteiger partial charge in [-0.3, -0.25) is 4.98 Å². The molecule has 0 spiro atoms. The van der Waals surface area contributed by atoms with E-state index in [9.17, 15) is 0 Å². The maximum Gasteiger partial charge on any atom is 0.191 e. The monoisotopic (exact) mass is 361 g/mol. The predicted octanol–water partition coefficient (Wildman–Crippen LogP) is 3.71. The first-order valence-corrected chi connectivity index (χ1v) is 8.74. The van der Waals surface area contributed by atoms with Crippen molar-refractivity contribution in [2.45, 2.75) is 24.4 Å². The highest BCUT2D eigenvalue weighted by Gasteiger charge is 2.15. The number of hydrogen-bond donors (Lipinski definition) is 0. The fourth-order valence-electron chi connectivity index (χ4n) is 2.29. The molecule has 0 unspecified atom stereocenters. The lowest BCUT2D eigenvalue weighted by molar-refractivity contribution is 0.411. The number of aromatic nitrogens is 5. The molecule has 0 aliphatic rings. The van der Waals surface area contributed by atoms with Crippen LogP contribution in [0.5, 0.6) is 5.75 Å². The molecule has 0 saturated heterocycles. The number of halogens is 1. The molecule has 2 aromatic heterocycles. The summed E-state index contributed by atoms with van der Waals surface area (Å²) in [4.78, 5) is 8.39. The molecule has 0 radical (unpaired) electrons. The predicted molar refractivity (Wildman–Crippen MR) is 94.3 cm³/mol. The van der Waals surface area contributed by atoms with Crippen molar-refractivity contribution >= 4 is 23.4 Å². The van der Waals surface area contributed by atoms with Crippen molar-refractivity contribution in [3.63, 3.8) is 0 Å². The lowest BCUT2D eigenvalue weighted by Crippen LogP contribution is -2.01. The number of nitrogens with zero attached hydrogens (tertiary/aromatic N) is 5. The van der Waals surface area contributed by atoms with Crippen molar-refractivity contribution < 1.29 is 4.74 Å². The van der Waals surface area contributed by atoms with Gasteiger partial charge in [0.15, 0.2) is 11.0 Å². The minimum atomic E-state index is 0.683. The van der Waals surface area contributed by atoms with Crippen LogP contribution in [0.15, 0.2) is 41.9 Å². The topological polar surface area (TPSA) is 65.7 Å². The zero-order chi connectivity index (χ0) is 16.9. The summed E-state index contributed by atoms with van der Waals surface area (Å²) in [7, 11) is 1.65. The summed E-state index contributed by atoms with van der Waals surface area (Å²) in [5.74, 6) is 2.21. The van der Waals surface area contributed by atoms with E-state index < -0.39 is 0 Å². The first kappa shape index (κ1) is 16.7. The number of hydrogen-bond acceptors (Lipinski definition) is 6. The Morgan fingerprint density at radius 3 is 2.83 bits per heavy atom. The molecule has 3 aromatic rings. The van der Waals surface area contributed by atoms with Gasteiger partial charge in [0, 0.05) is 35.3 Å². The maximum absolute atomic E-state index is 6.09. The summed E-state index contributed by atoms with van der Waals surface area (Å²) in [6, 6.07) is 5.59. The molecule has 0 atom stereocenters. The van der Waals surface area contributed by atoms with Gasteiger partial charge in [-0.2, -0.15) is 0 Å². The van der Waals surface area contributed by atoms with Crippen molar-refractivity contribution in [1.29, 1.82) is 0 Å². The van der Waals surface area contributed by atoms with Crippen LogP contribution in [0.25, 0.3) is 11.5 Å². The van der Waals surface area contributed by atoms with Gasteiger partial charge in [0.1, 0.15) is 11.4 Å². The number of ether oxygens (including phenoxy) is 1. The Balaban J connectivity index is 1.84. The molecule has 0 aliphatic heterocycles.